The molecule has 0 bridgehead atoms. The normalized spacial score (nSPS) is 21.6. The number of rotatable bonds is 4. The zero-order chi connectivity index (χ0) is 15.2. The number of carbonyl (C=O) groups is 2. The molecule has 1 aromatic carbocycles. The van der Waals surface area contributed by atoms with E-state index < -0.39 is 0 Å². The van der Waals surface area contributed by atoms with Crippen LogP contribution in [-0.4, -0.2) is 23.2 Å². The maximum absolute atomic E-state index is 11.3. The third kappa shape index (κ3) is 4.77. The Hall–Kier alpha value is -1.49. The molecule has 1 aliphatic rings. The third-order valence-corrected chi connectivity index (χ3v) is 4.89. The van der Waals surface area contributed by atoms with Crippen LogP contribution in [-0.2, 0) is 14.3 Å². The minimum atomic E-state index is -0.220. The first-order valence-corrected chi connectivity index (χ1v) is 8.14. The van der Waals surface area contributed by atoms with Crippen LogP contribution in [0.4, 0.5) is 5.69 Å². The molecule has 1 saturated carbocycles. The zero-order valence-corrected chi connectivity index (χ0v) is 13.2. The van der Waals surface area contributed by atoms with Gasteiger partial charge in [0.05, 0.1) is 5.69 Å². The average molecular weight is 307 g/mol. The summed E-state index contributed by atoms with van der Waals surface area (Å²) >= 11 is 1.69. The van der Waals surface area contributed by atoms with Crippen LogP contribution in [0, 0.1) is 0 Å². The number of amides is 1. The fraction of sp³-hybridized carbons (Fsp3) is 0.500. The highest BCUT2D eigenvalue weighted by Gasteiger charge is 2.29. The standard InChI is InChI=1S/C16H21NO3S/c1-11(18)17-13-7-3-5-9-15(13)21-16-10-6-4-8-14(16)20-12(2)19/h3,5,7,9,14,16H,4,6,8,10H2,1-2H3,(H,17,18)/t14-,16-/m0/s1. The lowest BCUT2D eigenvalue weighted by molar-refractivity contribution is -0.147. The number of benzene rings is 1. The Bertz CT molecular complexity index is 518. The quantitative estimate of drug-likeness (QED) is 0.863. The molecule has 0 radical (unpaired) electrons. The molecule has 21 heavy (non-hydrogen) atoms. The monoisotopic (exact) mass is 307 g/mol. The molecular weight excluding hydrogens is 286 g/mol. The van der Waals surface area contributed by atoms with Crippen molar-refractivity contribution >= 4 is 29.3 Å². The Morgan fingerprint density at radius 1 is 1.19 bits per heavy atom. The van der Waals surface area contributed by atoms with Gasteiger partial charge in [-0.3, -0.25) is 9.59 Å². The summed E-state index contributed by atoms with van der Waals surface area (Å²) in [6.45, 7) is 2.96. The second kappa shape index (κ2) is 7.50. The molecule has 2 rings (SSSR count). The topological polar surface area (TPSA) is 55.4 Å². The summed E-state index contributed by atoms with van der Waals surface area (Å²) < 4.78 is 5.45. The van der Waals surface area contributed by atoms with E-state index in [1.165, 1.54) is 13.8 Å². The zero-order valence-electron chi connectivity index (χ0n) is 12.4. The van der Waals surface area contributed by atoms with Crippen LogP contribution in [0.3, 0.4) is 0 Å². The van der Waals surface area contributed by atoms with Crippen molar-refractivity contribution in [2.75, 3.05) is 5.32 Å². The number of esters is 1. The molecule has 1 N–H and O–H groups in total. The Morgan fingerprint density at radius 2 is 1.90 bits per heavy atom. The fourth-order valence-corrected chi connectivity index (χ4v) is 3.93. The molecule has 0 unspecified atom stereocenters. The van der Waals surface area contributed by atoms with Gasteiger partial charge in [0.15, 0.2) is 0 Å². The maximum Gasteiger partial charge on any atom is 0.302 e. The second-order valence-corrected chi connectivity index (χ2v) is 6.55. The summed E-state index contributed by atoms with van der Waals surface area (Å²) in [4.78, 5) is 23.5. The van der Waals surface area contributed by atoms with Gasteiger partial charge in [-0.1, -0.05) is 18.6 Å². The minimum absolute atomic E-state index is 0.0355. The molecule has 1 amide bonds. The van der Waals surface area contributed by atoms with Crippen molar-refractivity contribution in [1.29, 1.82) is 0 Å². The van der Waals surface area contributed by atoms with Crippen LogP contribution >= 0.6 is 11.8 Å². The summed E-state index contributed by atoms with van der Waals surface area (Å²) in [6.07, 6.45) is 4.16. The van der Waals surface area contributed by atoms with Gasteiger partial charge in [0.25, 0.3) is 0 Å². The molecule has 0 heterocycles. The maximum atomic E-state index is 11.3. The molecule has 0 aliphatic heterocycles. The molecular formula is C16H21NO3S. The van der Waals surface area contributed by atoms with E-state index in [0.717, 1.165) is 36.3 Å². The average Bonchev–Trinajstić information content (AvgIpc) is 2.42. The Morgan fingerprint density at radius 3 is 2.62 bits per heavy atom. The van der Waals surface area contributed by atoms with Crippen LogP contribution in [0.5, 0.6) is 0 Å². The SMILES string of the molecule is CC(=O)Nc1ccccc1S[C@H]1CCCC[C@@H]1OC(C)=O. The molecule has 2 atom stereocenters. The van der Waals surface area contributed by atoms with E-state index in [-0.39, 0.29) is 23.2 Å². The van der Waals surface area contributed by atoms with Crippen molar-refractivity contribution < 1.29 is 14.3 Å². The lowest BCUT2D eigenvalue weighted by atomic mass is 9.97. The van der Waals surface area contributed by atoms with Crippen LogP contribution in [0.2, 0.25) is 0 Å². The summed E-state index contributed by atoms with van der Waals surface area (Å²) in [5.74, 6) is -0.300. The number of hydrogen-bond donors (Lipinski definition) is 1. The molecule has 0 aromatic heterocycles. The summed E-state index contributed by atoms with van der Waals surface area (Å²) in [7, 11) is 0. The van der Waals surface area contributed by atoms with Crippen molar-refractivity contribution in [3.8, 4) is 0 Å². The Balaban J connectivity index is 2.11. The van der Waals surface area contributed by atoms with E-state index in [9.17, 15) is 9.59 Å². The van der Waals surface area contributed by atoms with Crippen LogP contribution in [0.1, 0.15) is 39.5 Å². The largest absolute Gasteiger partial charge is 0.461 e. The number of thioether (sulfide) groups is 1. The van der Waals surface area contributed by atoms with E-state index in [1.54, 1.807) is 11.8 Å². The van der Waals surface area contributed by atoms with E-state index in [1.807, 2.05) is 24.3 Å². The number of anilines is 1. The van der Waals surface area contributed by atoms with Crippen molar-refractivity contribution in [3.63, 3.8) is 0 Å². The summed E-state index contributed by atoms with van der Waals surface area (Å²) in [6, 6.07) is 7.75. The molecule has 5 heteroatoms. The van der Waals surface area contributed by atoms with E-state index in [2.05, 4.69) is 5.32 Å². The predicted octanol–water partition coefficient (Wildman–Crippen LogP) is 3.61. The van der Waals surface area contributed by atoms with Crippen LogP contribution in [0.25, 0.3) is 0 Å². The number of carbonyl (C=O) groups excluding carboxylic acids is 2. The molecule has 1 fully saturated rings. The highest BCUT2D eigenvalue weighted by Crippen LogP contribution is 2.38. The van der Waals surface area contributed by atoms with Crippen molar-refractivity contribution in [1.82, 2.24) is 0 Å². The molecule has 114 valence electrons. The fourth-order valence-electron chi connectivity index (χ4n) is 2.57. The molecule has 0 spiro atoms. The predicted molar refractivity (Wildman–Crippen MR) is 84.4 cm³/mol. The van der Waals surface area contributed by atoms with Crippen molar-refractivity contribution in [2.45, 2.75) is 55.8 Å². The van der Waals surface area contributed by atoms with Gasteiger partial charge in [0, 0.05) is 24.0 Å². The van der Waals surface area contributed by atoms with Gasteiger partial charge >= 0.3 is 5.97 Å². The smallest absolute Gasteiger partial charge is 0.302 e. The summed E-state index contributed by atoms with van der Waals surface area (Å²) in [5, 5.41) is 3.10. The van der Waals surface area contributed by atoms with Gasteiger partial charge < -0.3 is 10.1 Å². The highest BCUT2D eigenvalue weighted by molar-refractivity contribution is 8.00. The van der Waals surface area contributed by atoms with Crippen molar-refractivity contribution in [2.24, 2.45) is 0 Å². The van der Waals surface area contributed by atoms with Gasteiger partial charge in [-0.25, -0.2) is 0 Å². The first kappa shape index (κ1) is 15.9. The van der Waals surface area contributed by atoms with Gasteiger partial charge in [-0.2, -0.15) is 0 Å². The number of ether oxygens (including phenoxy) is 1. The lowest BCUT2D eigenvalue weighted by Gasteiger charge is -2.30. The third-order valence-electron chi connectivity index (χ3n) is 3.44. The first-order valence-electron chi connectivity index (χ1n) is 7.27. The van der Waals surface area contributed by atoms with Gasteiger partial charge in [-0.15, -0.1) is 11.8 Å². The Labute approximate surface area is 129 Å². The van der Waals surface area contributed by atoms with E-state index in [0.29, 0.717) is 0 Å². The van der Waals surface area contributed by atoms with E-state index >= 15 is 0 Å². The number of hydrogen-bond acceptors (Lipinski definition) is 4. The van der Waals surface area contributed by atoms with Crippen LogP contribution < -0.4 is 5.32 Å². The van der Waals surface area contributed by atoms with Crippen molar-refractivity contribution in [3.05, 3.63) is 24.3 Å². The number of para-hydroxylation sites is 1. The van der Waals surface area contributed by atoms with Gasteiger partial charge in [0.1, 0.15) is 6.10 Å². The highest BCUT2D eigenvalue weighted by atomic mass is 32.2. The van der Waals surface area contributed by atoms with Gasteiger partial charge in [0.2, 0.25) is 5.91 Å². The minimum Gasteiger partial charge on any atom is -0.461 e. The van der Waals surface area contributed by atoms with Crippen LogP contribution in [0.15, 0.2) is 29.2 Å². The number of nitrogens with one attached hydrogen (secondary N) is 1. The molecule has 1 aromatic rings. The molecule has 0 saturated heterocycles. The lowest BCUT2D eigenvalue weighted by Crippen LogP contribution is -2.31. The second-order valence-electron chi connectivity index (χ2n) is 5.27. The van der Waals surface area contributed by atoms with Gasteiger partial charge in [-0.05, 0) is 31.4 Å². The van der Waals surface area contributed by atoms with E-state index in [4.69, 9.17) is 4.74 Å². The summed E-state index contributed by atoms with van der Waals surface area (Å²) in [5.41, 5.74) is 0.821. The first-order chi connectivity index (χ1) is 10.1. The molecule has 1 aliphatic carbocycles. The Kier molecular flexibility index (Phi) is 5.67. The molecule has 4 nitrogen and oxygen atoms in total.